The van der Waals surface area contributed by atoms with Gasteiger partial charge in [0.2, 0.25) is 11.8 Å². The van der Waals surface area contributed by atoms with Gasteiger partial charge >= 0.3 is 0 Å². The first-order chi connectivity index (χ1) is 7.15. The van der Waals surface area contributed by atoms with Crippen LogP contribution in [0.3, 0.4) is 0 Å². The summed E-state index contributed by atoms with van der Waals surface area (Å²) in [5.74, 6) is -0.276. The van der Waals surface area contributed by atoms with Crippen molar-refractivity contribution >= 4 is 11.8 Å². The highest BCUT2D eigenvalue weighted by Gasteiger charge is 2.25. The second kappa shape index (κ2) is 5.70. The number of carbonyl (C=O) groups is 2. The van der Waals surface area contributed by atoms with E-state index in [1.807, 2.05) is 6.92 Å². The number of hydrogen-bond acceptors (Lipinski definition) is 3. The summed E-state index contributed by atoms with van der Waals surface area (Å²) in [4.78, 5) is 23.0. The van der Waals surface area contributed by atoms with Gasteiger partial charge in [-0.15, -0.1) is 0 Å². The third-order valence-corrected chi connectivity index (χ3v) is 2.65. The Labute approximate surface area is 89.8 Å². The SMILES string of the molecule is CC(CCN)C(=O)NC1CCCNC1=O. The van der Waals surface area contributed by atoms with Crippen molar-refractivity contribution in [2.45, 2.75) is 32.2 Å². The van der Waals surface area contributed by atoms with Crippen molar-refractivity contribution in [1.29, 1.82) is 0 Å². The standard InChI is InChI=1S/C10H19N3O2/c1-7(4-5-11)9(14)13-8-3-2-6-12-10(8)15/h7-8H,2-6,11H2,1H3,(H,12,15)(H,13,14). The van der Waals surface area contributed by atoms with Crippen molar-refractivity contribution in [3.8, 4) is 0 Å². The highest BCUT2D eigenvalue weighted by atomic mass is 16.2. The molecular formula is C10H19N3O2. The van der Waals surface area contributed by atoms with Gasteiger partial charge in [0.05, 0.1) is 0 Å². The fourth-order valence-corrected chi connectivity index (χ4v) is 1.60. The summed E-state index contributed by atoms with van der Waals surface area (Å²) in [7, 11) is 0. The molecule has 1 fully saturated rings. The summed E-state index contributed by atoms with van der Waals surface area (Å²) in [5.41, 5.74) is 5.37. The Kier molecular flexibility index (Phi) is 4.55. The molecule has 1 rings (SSSR count). The number of rotatable bonds is 4. The van der Waals surface area contributed by atoms with Crippen LogP contribution in [-0.2, 0) is 9.59 Å². The average molecular weight is 213 g/mol. The molecule has 5 nitrogen and oxygen atoms in total. The second-order valence-electron chi connectivity index (χ2n) is 3.97. The molecule has 4 N–H and O–H groups in total. The lowest BCUT2D eigenvalue weighted by molar-refractivity contribution is -0.131. The molecule has 0 aromatic heterocycles. The Morgan fingerprint density at radius 3 is 3.07 bits per heavy atom. The molecule has 0 aliphatic carbocycles. The van der Waals surface area contributed by atoms with Crippen molar-refractivity contribution < 1.29 is 9.59 Å². The van der Waals surface area contributed by atoms with Crippen LogP contribution in [0.15, 0.2) is 0 Å². The molecule has 0 saturated carbocycles. The predicted molar refractivity (Wildman–Crippen MR) is 57.0 cm³/mol. The Morgan fingerprint density at radius 1 is 1.73 bits per heavy atom. The molecule has 5 heteroatoms. The average Bonchev–Trinajstić information content (AvgIpc) is 2.21. The zero-order valence-corrected chi connectivity index (χ0v) is 9.08. The molecule has 2 amide bonds. The van der Waals surface area contributed by atoms with Crippen molar-refractivity contribution in [3.63, 3.8) is 0 Å². The zero-order valence-electron chi connectivity index (χ0n) is 9.08. The van der Waals surface area contributed by atoms with E-state index in [1.54, 1.807) is 0 Å². The first kappa shape index (κ1) is 12.0. The maximum absolute atomic E-state index is 11.6. The van der Waals surface area contributed by atoms with Crippen LogP contribution in [0.4, 0.5) is 0 Å². The number of carbonyl (C=O) groups excluding carboxylic acids is 2. The second-order valence-corrected chi connectivity index (χ2v) is 3.97. The van der Waals surface area contributed by atoms with Gasteiger partial charge in [0.15, 0.2) is 0 Å². The summed E-state index contributed by atoms with van der Waals surface area (Å²) in [6.07, 6.45) is 2.30. The molecule has 15 heavy (non-hydrogen) atoms. The molecule has 1 aliphatic rings. The fraction of sp³-hybridized carbons (Fsp3) is 0.800. The fourth-order valence-electron chi connectivity index (χ4n) is 1.60. The minimum Gasteiger partial charge on any atom is -0.354 e. The number of nitrogens with one attached hydrogen (secondary N) is 2. The van der Waals surface area contributed by atoms with Crippen molar-refractivity contribution in [1.82, 2.24) is 10.6 Å². The zero-order chi connectivity index (χ0) is 11.3. The van der Waals surface area contributed by atoms with E-state index in [0.29, 0.717) is 19.5 Å². The van der Waals surface area contributed by atoms with Gasteiger partial charge in [0, 0.05) is 12.5 Å². The van der Waals surface area contributed by atoms with Crippen LogP contribution >= 0.6 is 0 Å². The van der Waals surface area contributed by atoms with Crippen molar-refractivity contribution in [2.24, 2.45) is 11.7 Å². The van der Waals surface area contributed by atoms with Gasteiger partial charge in [-0.25, -0.2) is 0 Å². The number of nitrogens with two attached hydrogens (primary N) is 1. The minimum atomic E-state index is -0.355. The smallest absolute Gasteiger partial charge is 0.242 e. The number of piperidine rings is 1. The Morgan fingerprint density at radius 2 is 2.47 bits per heavy atom. The van der Waals surface area contributed by atoms with Crippen LogP contribution in [0.1, 0.15) is 26.2 Å². The molecule has 2 atom stereocenters. The van der Waals surface area contributed by atoms with Gasteiger partial charge in [-0.1, -0.05) is 6.92 Å². The highest BCUT2D eigenvalue weighted by molar-refractivity contribution is 5.88. The molecule has 86 valence electrons. The van der Waals surface area contributed by atoms with Crippen molar-refractivity contribution in [2.75, 3.05) is 13.1 Å². The largest absolute Gasteiger partial charge is 0.354 e. The number of hydrogen-bond donors (Lipinski definition) is 3. The van der Waals surface area contributed by atoms with E-state index in [2.05, 4.69) is 10.6 Å². The van der Waals surface area contributed by atoms with E-state index >= 15 is 0 Å². The molecular weight excluding hydrogens is 194 g/mol. The lowest BCUT2D eigenvalue weighted by Gasteiger charge is -2.24. The van der Waals surface area contributed by atoms with Gasteiger partial charge in [0.1, 0.15) is 6.04 Å². The third kappa shape index (κ3) is 3.51. The van der Waals surface area contributed by atoms with E-state index in [9.17, 15) is 9.59 Å². The van der Waals surface area contributed by atoms with Gasteiger partial charge in [-0.2, -0.15) is 0 Å². The molecule has 1 saturated heterocycles. The van der Waals surface area contributed by atoms with Crippen LogP contribution in [0.5, 0.6) is 0 Å². The summed E-state index contributed by atoms with van der Waals surface area (Å²) in [5, 5.41) is 5.48. The molecule has 0 radical (unpaired) electrons. The van der Waals surface area contributed by atoms with Crippen LogP contribution in [0, 0.1) is 5.92 Å². The van der Waals surface area contributed by atoms with Crippen LogP contribution < -0.4 is 16.4 Å². The van der Waals surface area contributed by atoms with Gasteiger partial charge in [-0.3, -0.25) is 9.59 Å². The Hall–Kier alpha value is -1.10. The first-order valence-corrected chi connectivity index (χ1v) is 5.43. The van der Waals surface area contributed by atoms with Gasteiger partial charge in [-0.05, 0) is 25.8 Å². The Bertz CT molecular complexity index is 243. The molecule has 0 spiro atoms. The molecule has 2 unspecified atom stereocenters. The van der Waals surface area contributed by atoms with Gasteiger partial charge in [0.25, 0.3) is 0 Å². The summed E-state index contributed by atoms with van der Waals surface area (Å²) >= 11 is 0. The van der Waals surface area contributed by atoms with Gasteiger partial charge < -0.3 is 16.4 Å². The van der Waals surface area contributed by atoms with E-state index in [4.69, 9.17) is 5.73 Å². The van der Waals surface area contributed by atoms with Crippen LogP contribution in [0.2, 0.25) is 0 Å². The normalized spacial score (nSPS) is 23.1. The third-order valence-electron chi connectivity index (χ3n) is 2.65. The van der Waals surface area contributed by atoms with Crippen molar-refractivity contribution in [3.05, 3.63) is 0 Å². The quantitative estimate of drug-likeness (QED) is 0.581. The lowest BCUT2D eigenvalue weighted by atomic mass is 10.0. The number of amides is 2. The minimum absolute atomic E-state index is 0.0745. The molecule has 1 heterocycles. The predicted octanol–water partition coefficient (Wildman–Crippen LogP) is -0.634. The van der Waals surface area contributed by atoms with Crippen LogP contribution in [0.25, 0.3) is 0 Å². The summed E-state index contributed by atoms with van der Waals surface area (Å²) < 4.78 is 0. The van der Waals surface area contributed by atoms with E-state index < -0.39 is 0 Å². The highest BCUT2D eigenvalue weighted by Crippen LogP contribution is 2.06. The first-order valence-electron chi connectivity index (χ1n) is 5.43. The Balaban J connectivity index is 2.39. The van der Waals surface area contributed by atoms with Crippen LogP contribution in [-0.4, -0.2) is 30.9 Å². The summed E-state index contributed by atoms with van der Waals surface area (Å²) in [6.45, 7) is 3.03. The monoisotopic (exact) mass is 213 g/mol. The topological polar surface area (TPSA) is 84.2 Å². The molecule has 1 aliphatic heterocycles. The summed E-state index contributed by atoms with van der Waals surface area (Å²) in [6, 6.07) is -0.355. The molecule has 0 bridgehead atoms. The maximum atomic E-state index is 11.6. The molecule has 0 aromatic rings. The van der Waals surface area contributed by atoms with E-state index in [1.165, 1.54) is 0 Å². The maximum Gasteiger partial charge on any atom is 0.242 e. The van der Waals surface area contributed by atoms with E-state index in [0.717, 1.165) is 12.8 Å². The molecule has 0 aromatic carbocycles. The lowest BCUT2D eigenvalue weighted by Crippen LogP contribution is -2.51. The van der Waals surface area contributed by atoms with E-state index in [-0.39, 0.29) is 23.8 Å².